The quantitative estimate of drug-likeness (QED) is 0.480. The van der Waals surface area contributed by atoms with E-state index in [1.807, 2.05) is 25.5 Å². The number of rotatable bonds is 5. The maximum absolute atomic E-state index is 12.1. The number of nitrogens with zero attached hydrogens (tertiary/aromatic N) is 4. The van der Waals surface area contributed by atoms with Crippen molar-refractivity contribution in [3.8, 4) is 0 Å². The molecule has 0 aliphatic heterocycles. The molecule has 1 aliphatic rings. The van der Waals surface area contributed by atoms with E-state index < -0.39 is 21.7 Å². The van der Waals surface area contributed by atoms with Gasteiger partial charge in [0.25, 0.3) is 0 Å². The number of anilines is 2. The van der Waals surface area contributed by atoms with Crippen LogP contribution in [0.4, 0.5) is 16.4 Å². The molecule has 4 rings (SSSR count). The van der Waals surface area contributed by atoms with E-state index in [2.05, 4.69) is 25.7 Å². The summed E-state index contributed by atoms with van der Waals surface area (Å²) in [5, 5.41) is 16.7. The summed E-state index contributed by atoms with van der Waals surface area (Å²) in [5.74, 6) is 0.323. The standard InChI is InChI=1S/C23H31N7O4S/c1-14-5-6-17(11-19(14)35(24,32)33)27-21-25-12-15-13-26-30(20(15)29-21)18-9-7-16(8-10-18)28-22(31)34-23(2,3)4/h5-6,11-13,16,18H,7-10H2,1-4H3,(H,28,31)(H2,24,32,33)(H,25,27,29)/t16-,18+. The van der Waals surface area contributed by atoms with Crippen molar-refractivity contribution in [2.45, 2.75) is 76.0 Å². The van der Waals surface area contributed by atoms with E-state index in [0.29, 0.717) is 22.8 Å². The summed E-state index contributed by atoms with van der Waals surface area (Å²) in [6.45, 7) is 7.21. The van der Waals surface area contributed by atoms with Crippen molar-refractivity contribution in [1.29, 1.82) is 0 Å². The maximum Gasteiger partial charge on any atom is 0.407 e. The zero-order valence-corrected chi connectivity index (χ0v) is 21.1. The number of hydrogen-bond acceptors (Lipinski definition) is 8. The number of nitrogens with two attached hydrogens (primary N) is 1. The highest BCUT2D eigenvalue weighted by atomic mass is 32.2. The molecule has 11 nitrogen and oxygen atoms in total. The molecule has 4 N–H and O–H groups in total. The van der Waals surface area contributed by atoms with E-state index in [4.69, 9.17) is 9.88 Å². The van der Waals surface area contributed by atoms with Gasteiger partial charge in [-0.15, -0.1) is 0 Å². The molecule has 2 heterocycles. The van der Waals surface area contributed by atoms with Gasteiger partial charge >= 0.3 is 6.09 Å². The van der Waals surface area contributed by atoms with Gasteiger partial charge in [0, 0.05) is 17.9 Å². The second kappa shape index (κ2) is 9.42. The Balaban J connectivity index is 1.47. The lowest BCUT2D eigenvalue weighted by Gasteiger charge is -2.30. The Morgan fingerprint density at radius 1 is 1.17 bits per heavy atom. The lowest BCUT2D eigenvalue weighted by Crippen LogP contribution is -2.41. The number of sulfonamides is 1. The fraction of sp³-hybridized carbons (Fsp3) is 0.478. The fourth-order valence-corrected chi connectivity index (χ4v) is 5.02. The third-order valence-corrected chi connectivity index (χ3v) is 6.90. The molecule has 12 heteroatoms. The molecule has 1 saturated carbocycles. The van der Waals surface area contributed by atoms with Crippen LogP contribution < -0.4 is 15.8 Å². The van der Waals surface area contributed by atoms with Gasteiger partial charge in [0.1, 0.15) is 5.60 Å². The molecule has 0 atom stereocenters. The van der Waals surface area contributed by atoms with E-state index in [-0.39, 0.29) is 17.0 Å². The molecule has 35 heavy (non-hydrogen) atoms. The number of alkyl carbamates (subject to hydrolysis) is 1. The van der Waals surface area contributed by atoms with Crippen LogP contribution in [0, 0.1) is 6.92 Å². The third-order valence-electron chi connectivity index (χ3n) is 5.85. The first-order chi connectivity index (χ1) is 16.4. The summed E-state index contributed by atoms with van der Waals surface area (Å²) in [7, 11) is -3.85. The predicted octanol–water partition coefficient (Wildman–Crippen LogP) is 3.53. The minimum absolute atomic E-state index is 0.0466. The molecule has 1 aromatic carbocycles. The van der Waals surface area contributed by atoms with E-state index >= 15 is 0 Å². The minimum atomic E-state index is -3.85. The topological polar surface area (TPSA) is 154 Å². The Morgan fingerprint density at radius 3 is 2.54 bits per heavy atom. The predicted molar refractivity (Wildman–Crippen MR) is 132 cm³/mol. The van der Waals surface area contributed by atoms with Gasteiger partial charge in [-0.25, -0.2) is 28.0 Å². The lowest BCUT2D eigenvalue weighted by molar-refractivity contribution is 0.0487. The summed E-state index contributed by atoms with van der Waals surface area (Å²) in [5.41, 5.74) is 1.23. The van der Waals surface area contributed by atoms with Gasteiger partial charge in [-0.3, -0.25) is 0 Å². The van der Waals surface area contributed by atoms with Gasteiger partial charge in [-0.05, 0) is 71.1 Å². The molecule has 0 saturated heterocycles. The number of carbonyl (C=O) groups excluding carboxylic acids is 1. The van der Waals surface area contributed by atoms with Gasteiger partial charge in [-0.1, -0.05) is 6.07 Å². The van der Waals surface area contributed by atoms with Crippen molar-refractivity contribution < 1.29 is 17.9 Å². The monoisotopic (exact) mass is 501 g/mol. The zero-order valence-electron chi connectivity index (χ0n) is 20.3. The lowest BCUT2D eigenvalue weighted by atomic mass is 9.91. The van der Waals surface area contributed by atoms with E-state index in [1.165, 1.54) is 6.07 Å². The van der Waals surface area contributed by atoms with Crippen LogP contribution >= 0.6 is 0 Å². The van der Waals surface area contributed by atoms with Crippen LogP contribution in [0.1, 0.15) is 58.1 Å². The van der Waals surface area contributed by atoms with Crippen LogP contribution in [0.15, 0.2) is 35.5 Å². The van der Waals surface area contributed by atoms with Gasteiger partial charge in [0.05, 0.1) is 22.5 Å². The Hall–Kier alpha value is -3.25. The van der Waals surface area contributed by atoms with Crippen molar-refractivity contribution in [2.75, 3.05) is 5.32 Å². The zero-order chi connectivity index (χ0) is 25.4. The molecule has 188 valence electrons. The van der Waals surface area contributed by atoms with Gasteiger partial charge in [0.15, 0.2) is 5.65 Å². The van der Waals surface area contributed by atoms with E-state index in [1.54, 1.807) is 31.5 Å². The number of hydrogen-bond donors (Lipinski definition) is 3. The largest absolute Gasteiger partial charge is 0.444 e. The molecule has 0 spiro atoms. The fourth-order valence-electron chi connectivity index (χ4n) is 4.22. The first-order valence-corrected chi connectivity index (χ1v) is 13.0. The average Bonchev–Trinajstić information content (AvgIpc) is 3.17. The summed E-state index contributed by atoms with van der Waals surface area (Å²) in [4.78, 5) is 21.1. The summed E-state index contributed by atoms with van der Waals surface area (Å²) < 4.78 is 30.9. The van der Waals surface area contributed by atoms with Crippen molar-refractivity contribution in [1.82, 2.24) is 25.1 Å². The number of ether oxygens (including phenoxy) is 1. The average molecular weight is 502 g/mol. The van der Waals surface area contributed by atoms with Gasteiger partial charge in [0.2, 0.25) is 16.0 Å². The van der Waals surface area contributed by atoms with Crippen LogP contribution in [0.2, 0.25) is 0 Å². The smallest absolute Gasteiger partial charge is 0.407 e. The molecule has 0 bridgehead atoms. The highest BCUT2D eigenvalue weighted by Crippen LogP contribution is 2.31. The second-order valence-corrected chi connectivity index (χ2v) is 11.4. The number of nitrogens with one attached hydrogen (secondary N) is 2. The highest BCUT2D eigenvalue weighted by Gasteiger charge is 2.27. The van der Waals surface area contributed by atoms with Crippen molar-refractivity contribution in [2.24, 2.45) is 5.14 Å². The number of aryl methyl sites for hydroxylation is 1. The van der Waals surface area contributed by atoms with E-state index in [9.17, 15) is 13.2 Å². The normalized spacial score (nSPS) is 18.9. The van der Waals surface area contributed by atoms with Crippen molar-refractivity contribution in [3.05, 3.63) is 36.2 Å². The maximum atomic E-state index is 12.1. The third kappa shape index (κ3) is 6.06. The van der Waals surface area contributed by atoms with Gasteiger partial charge < -0.3 is 15.4 Å². The highest BCUT2D eigenvalue weighted by molar-refractivity contribution is 7.89. The van der Waals surface area contributed by atoms with Crippen LogP contribution in [0.5, 0.6) is 0 Å². The summed E-state index contributed by atoms with van der Waals surface area (Å²) in [6, 6.07) is 5.08. The van der Waals surface area contributed by atoms with Crippen LogP contribution in [0.3, 0.4) is 0 Å². The molecular formula is C23H31N7O4S. The van der Waals surface area contributed by atoms with Crippen molar-refractivity contribution in [3.63, 3.8) is 0 Å². The molecule has 2 aromatic heterocycles. The SMILES string of the molecule is Cc1ccc(Nc2ncc3cnn([C@H]4CC[C@@H](NC(=O)OC(C)(C)C)CC4)c3n2)cc1S(N)(=O)=O. The first kappa shape index (κ1) is 24.9. The molecule has 1 amide bonds. The van der Waals surface area contributed by atoms with Crippen LogP contribution in [-0.4, -0.2) is 45.9 Å². The van der Waals surface area contributed by atoms with Gasteiger partial charge in [-0.2, -0.15) is 10.1 Å². The number of primary sulfonamides is 1. The number of carbonyl (C=O) groups is 1. The minimum Gasteiger partial charge on any atom is -0.444 e. The Kier molecular flexibility index (Phi) is 6.69. The molecule has 0 radical (unpaired) electrons. The summed E-state index contributed by atoms with van der Waals surface area (Å²) >= 11 is 0. The number of amides is 1. The number of aromatic nitrogens is 4. The Labute approximate surface area is 204 Å². The molecule has 3 aromatic rings. The van der Waals surface area contributed by atoms with Crippen LogP contribution in [0.25, 0.3) is 11.0 Å². The molecule has 1 fully saturated rings. The number of benzene rings is 1. The molecular weight excluding hydrogens is 470 g/mol. The molecule has 0 unspecified atom stereocenters. The first-order valence-electron chi connectivity index (χ1n) is 11.5. The second-order valence-electron chi connectivity index (χ2n) is 9.86. The van der Waals surface area contributed by atoms with Crippen LogP contribution in [-0.2, 0) is 14.8 Å². The Morgan fingerprint density at radius 2 is 1.89 bits per heavy atom. The number of fused-ring (bicyclic) bond motifs is 1. The molecule has 1 aliphatic carbocycles. The Bertz CT molecular complexity index is 1340. The van der Waals surface area contributed by atoms with Crippen molar-refractivity contribution >= 4 is 38.8 Å². The van der Waals surface area contributed by atoms with E-state index in [0.717, 1.165) is 31.1 Å². The summed E-state index contributed by atoms with van der Waals surface area (Å²) in [6.07, 6.45) is 6.30.